The van der Waals surface area contributed by atoms with Gasteiger partial charge < -0.3 is 15.5 Å². The van der Waals surface area contributed by atoms with Crippen LogP contribution in [0.5, 0.6) is 0 Å². The Morgan fingerprint density at radius 3 is 1.76 bits per heavy atom. The predicted octanol–water partition coefficient (Wildman–Crippen LogP) is 3.42. The summed E-state index contributed by atoms with van der Waals surface area (Å²) in [6, 6.07) is -0.971. The topological polar surface area (TPSA) is 86.6 Å². The molecule has 0 aromatic heterocycles. The van der Waals surface area contributed by atoms with Crippen LogP contribution in [-0.2, 0) is 9.59 Å². The first-order chi connectivity index (χ1) is 10.1. The highest BCUT2D eigenvalue weighted by Crippen LogP contribution is 2.10. The molecule has 0 saturated heterocycles. The quantitative estimate of drug-likeness (QED) is 0.403. The van der Waals surface area contributed by atoms with Crippen LogP contribution >= 0.6 is 0 Å². The summed E-state index contributed by atoms with van der Waals surface area (Å²) < 4.78 is 0. The normalized spacial score (nSPS) is 12.2. The lowest BCUT2D eigenvalue weighted by atomic mass is 10.1. The van der Waals surface area contributed by atoms with E-state index in [-0.39, 0.29) is 6.42 Å². The first kappa shape index (κ1) is 19.9. The summed E-state index contributed by atoms with van der Waals surface area (Å²) in [6.45, 7) is 2.79. The fraction of sp³-hybridized carbons (Fsp3) is 0.875. The average Bonchev–Trinajstić information content (AvgIpc) is 2.42. The lowest BCUT2D eigenvalue weighted by Crippen LogP contribution is -2.39. The molecule has 0 aromatic rings. The number of unbranched alkanes of at least 4 members (excludes halogenated alkanes) is 9. The van der Waals surface area contributed by atoms with Crippen LogP contribution in [-0.4, -0.2) is 34.7 Å². The van der Waals surface area contributed by atoms with E-state index < -0.39 is 18.0 Å². The van der Waals surface area contributed by atoms with Gasteiger partial charge in [0, 0.05) is 0 Å². The van der Waals surface area contributed by atoms with Crippen molar-refractivity contribution in [2.75, 3.05) is 6.54 Å². The molecule has 5 nitrogen and oxygen atoms in total. The van der Waals surface area contributed by atoms with Gasteiger partial charge in [-0.1, -0.05) is 64.7 Å². The molecule has 21 heavy (non-hydrogen) atoms. The smallest absolute Gasteiger partial charge is 0.321 e. The van der Waals surface area contributed by atoms with Gasteiger partial charge in [0.05, 0.1) is 6.42 Å². The molecule has 0 amide bonds. The van der Waals surface area contributed by atoms with Gasteiger partial charge in [-0.2, -0.15) is 0 Å². The second-order valence-corrected chi connectivity index (χ2v) is 5.62. The lowest BCUT2D eigenvalue weighted by molar-refractivity contribution is -0.145. The molecule has 3 N–H and O–H groups in total. The van der Waals surface area contributed by atoms with E-state index in [1.54, 1.807) is 0 Å². The molecule has 0 aromatic carbocycles. The van der Waals surface area contributed by atoms with E-state index in [2.05, 4.69) is 12.2 Å². The minimum atomic E-state index is -1.09. The molecule has 0 aliphatic rings. The maximum Gasteiger partial charge on any atom is 0.321 e. The van der Waals surface area contributed by atoms with Gasteiger partial charge in [0.1, 0.15) is 6.04 Å². The van der Waals surface area contributed by atoms with Gasteiger partial charge in [0.2, 0.25) is 0 Å². The molecule has 0 spiro atoms. The number of rotatable bonds is 15. The second kappa shape index (κ2) is 13.9. The summed E-state index contributed by atoms with van der Waals surface area (Å²) in [5.74, 6) is -2.18. The zero-order chi connectivity index (χ0) is 15.9. The van der Waals surface area contributed by atoms with E-state index in [1.807, 2.05) is 0 Å². The number of carboxylic acid groups (broad SMARTS) is 2. The summed E-state index contributed by atoms with van der Waals surface area (Å²) in [5.41, 5.74) is 0. The van der Waals surface area contributed by atoms with Crippen LogP contribution in [0.25, 0.3) is 0 Å². The van der Waals surface area contributed by atoms with Crippen molar-refractivity contribution in [1.82, 2.24) is 5.32 Å². The van der Waals surface area contributed by atoms with E-state index in [0.29, 0.717) is 6.54 Å². The van der Waals surface area contributed by atoms with Gasteiger partial charge in [-0.3, -0.25) is 9.59 Å². The Bertz CT molecular complexity index is 281. The predicted molar refractivity (Wildman–Crippen MR) is 83.5 cm³/mol. The Labute approximate surface area is 128 Å². The minimum absolute atomic E-state index is 0.368. The third-order valence-corrected chi connectivity index (χ3v) is 3.60. The van der Waals surface area contributed by atoms with Gasteiger partial charge in [-0.25, -0.2) is 0 Å². The molecule has 0 aliphatic carbocycles. The van der Waals surface area contributed by atoms with Crippen LogP contribution in [0.4, 0.5) is 0 Å². The van der Waals surface area contributed by atoms with Gasteiger partial charge in [-0.15, -0.1) is 0 Å². The Morgan fingerprint density at radius 2 is 1.33 bits per heavy atom. The Morgan fingerprint density at radius 1 is 0.857 bits per heavy atom. The van der Waals surface area contributed by atoms with Crippen molar-refractivity contribution in [3.8, 4) is 0 Å². The van der Waals surface area contributed by atoms with Crippen molar-refractivity contribution in [3.05, 3.63) is 0 Å². The summed E-state index contributed by atoms with van der Waals surface area (Å²) in [4.78, 5) is 21.3. The van der Waals surface area contributed by atoms with Gasteiger partial charge in [0.15, 0.2) is 0 Å². The van der Waals surface area contributed by atoms with Crippen LogP contribution in [0.2, 0.25) is 0 Å². The third-order valence-electron chi connectivity index (χ3n) is 3.60. The molecule has 0 rings (SSSR count). The highest BCUT2D eigenvalue weighted by molar-refractivity contribution is 5.80. The van der Waals surface area contributed by atoms with E-state index >= 15 is 0 Å². The van der Waals surface area contributed by atoms with E-state index in [4.69, 9.17) is 10.2 Å². The Balaban J connectivity index is 3.38. The largest absolute Gasteiger partial charge is 0.481 e. The fourth-order valence-corrected chi connectivity index (χ4v) is 2.31. The lowest BCUT2D eigenvalue weighted by Gasteiger charge is -2.11. The number of carboxylic acids is 2. The highest BCUT2D eigenvalue weighted by atomic mass is 16.4. The molecular weight excluding hydrogens is 270 g/mol. The summed E-state index contributed by atoms with van der Waals surface area (Å²) >= 11 is 0. The van der Waals surface area contributed by atoms with Crippen LogP contribution in [0.1, 0.15) is 77.6 Å². The standard InChI is InChI=1S/C16H31NO4/c1-2-3-4-5-6-7-8-9-10-11-12-17-14(16(20)21)13-15(18)19/h14,17H,2-13H2,1H3,(H,18,19)(H,20,21)/t14-/m1/s1. The molecule has 0 radical (unpaired) electrons. The zero-order valence-electron chi connectivity index (χ0n) is 13.3. The maximum absolute atomic E-state index is 10.8. The summed E-state index contributed by atoms with van der Waals surface area (Å²) in [6.07, 6.45) is 11.9. The monoisotopic (exact) mass is 301 g/mol. The number of carbonyl (C=O) groups is 2. The van der Waals surface area contributed by atoms with Crippen molar-refractivity contribution < 1.29 is 19.8 Å². The average molecular weight is 301 g/mol. The molecule has 1 atom stereocenters. The number of aliphatic carboxylic acids is 2. The first-order valence-corrected chi connectivity index (χ1v) is 8.26. The zero-order valence-corrected chi connectivity index (χ0v) is 13.3. The molecule has 5 heteroatoms. The van der Waals surface area contributed by atoms with Gasteiger partial charge in [0.25, 0.3) is 0 Å². The van der Waals surface area contributed by atoms with E-state index in [9.17, 15) is 9.59 Å². The first-order valence-electron chi connectivity index (χ1n) is 8.26. The SMILES string of the molecule is CCCCCCCCCCCCN[C@H](CC(=O)O)C(=O)O. The second-order valence-electron chi connectivity index (χ2n) is 5.62. The Kier molecular flexibility index (Phi) is 13.1. The fourth-order valence-electron chi connectivity index (χ4n) is 2.31. The molecule has 0 unspecified atom stereocenters. The number of hydrogen-bond acceptors (Lipinski definition) is 3. The van der Waals surface area contributed by atoms with Crippen molar-refractivity contribution in [2.24, 2.45) is 0 Å². The van der Waals surface area contributed by atoms with Crippen molar-refractivity contribution >= 4 is 11.9 Å². The number of nitrogens with one attached hydrogen (secondary N) is 1. The summed E-state index contributed by atoms with van der Waals surface area (Å²) in [5, 5.41) is 20.3. The highest BCUT2D eigenvalue weighted by Gasteiger charge is 2.19. The molecule has 0 bridgehead atoms. The third kappa shape index (κ3) is 13.6. The van der Waals surface area contributed by atoms with E-state index in [1.165, 1.54) is 51.4 Å². The minimum Gasteiger partial charge on any atom is -0.481 e. The molecule has 0 heterocycles. The van der Waals surface area contributed by atoms with Crippen molar-refractivity contribution in [2.45, 2.75) is 83.6 Å². The van der Waals surface area contributed by atoms with Gasteiger partial charge in [-0.05, 0) is 13.0 Å². The van der Waals surface area contributed by atoms with Crippen LogP contribution in [0.3, 0.4) is 0 Å². The van der Waals surface area contributed by atoms with Crippen LogP contribution in [0.15, 0.2) is 0 Å². The molecular formula is C16H31NO4. The molecule has 0 fully saturated rings. The molecule has 0 saturated carbocycles. The van der Waals surface area contributed by atoms with Crippen LogP contribution < -0.4 is 5.32 Å². The van der Waals surface area contributed by atoms with Crippen LogP contribution in [0, 0.1) is 0 Å². The maximum atomic E-state index is 10.8. The number of hydrogen-bond donors (Lipinski definition) is 3. The van der Waals surface area contributed by atoms with Crippen molar-refractivity contribution in [3.63, 3.8) is 0 Å². The molecule has 124 valence electrons. The van der Waals surface area contributed by atoms with Gasteiger partial charge >= 0.3 is 11.9 Å². The summed E-state index contributed by atoms with van der Waals surface area (Å²) in [7, 11) is 0. The molecule has 0 aliphatic heterocycles. The Hall–Kier alpha value is -1.10. The van der Waals surface area contributed by atoms with E-state index in [0.717, 1.165) is 12.8 Å². The van der Waals surface area contributed by atoms with Crippen molar-refractivity contribution in [1.29, 1.82) is 0 Å².